The second-order valence-electron chi connectivity index (χ2n) is 3.93. The molecule has 0 radical (unpaired) electrons. The van der Waals surface area contributed by atoms with Gasteiger partial charge in [-0.3, -0.25) is 4.79 Å². The van der Waals surface area contributed by atoms with Gasteiger partial charge in [-0.1, -0.05) is 30.3 Å². The van der Waals surface area contributed by atoms with Crippen LogP contribution in [0.15, 0.2) is 30.3 Å². The van der Waals surface area contributed by atoms with E-state index in [-0.39, 0.29) is 30.8 Å². The minimum absolute atomic E-state index is 0. The third-order valence-corrected chi connectivity index (χ3v) is 2.54. The van der Waals surface area contributed by atoms with Gasteiger partial charge < -0.3 is 15.8 Å². The van der Waals surface area contributed by atoms with Crippen LogP contribution in [0.25, 0.3) is 0 Å². The monoisotopic (exact) mass is 308 g/mol. The first-order valence-electron chi connectivity index (χ1n) is 5.82. The summed E-state index contributed by atoms with van der Waals surface area (Å²) in [6.45, 7) is 1.69. The number of ether oxygens (including phenoxy) is 1. The van der Waals surface area contributed by atoms with Crippen molar-refractivity contribution in [2.75, 3.05) is 13.7 Å². The van der Waals surface area contributed by atoms with Gasteiger partial charge in [0.05, 0.1) is 7.11 Å². The minimum atomic E-state index is -0.501. The molecule has 0 bridgehead atoms. The van der Waals surface area contributed by atoms with Gasteiger partial charge in [0.25, 0.3) is 0 Å². The number of nitrogens with one attached hydrogen (secondary N) is 1. The Morgan fingerprint density at radius 1 is 1.32 bits per heavy atom. The molecule has 110 valence electrons. The highest BCUT2D eigenvalue weighted by atomic mass is 35.5. The van der Waals surface area contributed by atoms with Crippen molar-refractivity contribution in [2.24, 2.45) is 5.73 Å². The van der Waals surface area contributed by atoms with E-state index in [2.05, 4.69) is 22.2 Å². The average molecular weight is 309 g/mol. The number of esters is 1. The van der Waals surface area contributed by atoms with Crippen LogP contribution in [0.3, 0.4) is 0 Å². The van der Waals surface area contributed by atoms with Crippen LogP contribution in [-0.2, 0) is 16.1 Å². The normalized spacial score (nSPS) is 10.8. The van der Waals surface area contributed by atoms with Gasteiger partial charge in [-0.25, -0.2) is 0 Å². The molecule has 0 amide bonds. The summed E-state index contributed by atoms with van der Waals surface area (Å²) in [6.07, 6.45) is 1.51. The summed E-state index contributed by atoms with van der Waals surface area (Å²) in [5.74, 6) is -0.340. The molecule has 0 aliphatic rings. The minimum Gasteiger partial charge on any atom is -0.468 e. The lowest BCUT2D eigenvalue weighted by atomic mass is 10.1. The molecule has 6 heteroatoms. The van der Waals surface area contributed by atoms with E-state index < -0.39 is 6.04 Å². The third-order valence-electron chi connectivity index (χ3n) is 2.54. The van der Waals surface area contributed by atoms with Crippen LogP contribution in [0.2, 0.25) is 0 Å². The van der Waals surface area contributed by atoms with Gasteiger partial charge in [-0.2, -0.15) is 0 Å². The summed E-state index contributed by atoms with van der Waals surface area (Å²) in [5.41, 5.74) is 6.87. The van der Waals surface area contributed by atoms with E-state index in [1.807, 2.05) is 18.2 Å². The molecule has 3 N–H and O–H groups in total. The van der Waals surface area contributed by atoms with Crippen LogP contribution >= 0.6 is 24.8 Å². The van der Waals surface area contributed by atoms with Crippen molar-refractivity contribution >= 4 is 30.8 Å². The molecule has 19 heavy (non-hydrogen) atoms. The lowest BCUT2D eigenvalue weighted by Gasteiger charge is -2.09. The Kier molecular flexibility index (Phi) is 13.2. The number of hydrogen-bond acceptors (Lipinski definition) is 4. The maximum Gasteiger partial charge on any atom is 0.322 e. The topological polar surface area (TPSA) is 64.3 Å². The maximum atomic E-state index is 11.0. The second-order valence-corrected chi connectivity index (χ2v) is 3.93. The highest BCUT2D eigenvalue weighted by Crippen LogP contribution is 1.99. The molecule has 1 aromatic carbocycles. The predicted octanol–water partition coefficient (Wildman–Crippen LogP) is 1.90. The Morgan fingerprint density at radius 3 is 2.53 bits per heavy atom. The summed E-state index contributed by atoms with van der Waals surface area (Å²) in [6, 6.07) is 9.69. The van der Waals surface area contributed by atoms with E-state index in [1.165, 1.54) is 12.7 Å². The summed E-state index contributed by atoms with van der Waals surface area (Å²) in [7, 11) is 1.36. The van der Waals surface area contributed by atoms with E-state index in [4.69, 9.17) is 5.73 Å². The Labute approximate surface area is 126 Å². The van der Waals surface area contributed by atoms with Crippen LogP contribution in [0, 0.1) is 0 Å². The molecule has 0 spiro atoms. The lowest BCUT2D eigenvalue weighted by Crippen LogP contribution is -2.32. The molecule has 0 aliphatic carbocycles. The number of nitrogens with two attached hydrogens (primary N) is 1. The number of carbonyl (C=O) groups excluding carboxylic acids is 1. The SMILES string of the molecule is COC(=O)[C@@H](N)CCCNCc1ccccc1.Cl.Cl. The van der Waals surface area contributed by atoms with Crippen molar-refractivity contribution in [3.63, 3.8) is 0 Å². The molecule has 4 nitrogen and oxygen atoms in total. The van der Waals surface area contributed by atoms with Gasteiger partial charge >= 0.3 is 5.97 Å². The van der Waals surface area contributed by atoms with Crippen molar-refractivity contribution in [3.8, 4) is 0 Å². The van der Waals surface area contributed by atoms with Crippen LogP contribution in [-0.4, -0.2) is 25.7 Å². The first kappa shape index (κ1) is 20.5. The molecular weight excluding hydrogens is 287 g/mol. The van der Waals surface area contributed by atoms with Gasteiger partial charge in [-0.15, -0.1) is 24.8 Å². The third kappa shape index (κ3) is 8.83. The maximum absolute atomic E-state index is 11.0. The summed E-state index contributed by atoms with van der Waals surface area (Å²) in [4.78, 5) is 11.0. The lowest BCUT2D eigenvalue weighted by molar-refractivity contribution is -0.142. The zero-order valence-electron chi connectivity index (χ0n) is 11.0. The molecule has 0 saturated heterocycles. The number of rotatable bonds is 7. The van der Waals surface area contributed by atoms with Crippen molar-refractivity contribution in [3.05, 3.63) is 35.9 Å². The second kappa shape index (κ2) is 12.2. The molecule has 0 aliphatic heterocycles. The zero-order chi connectivity index (χ0) is 12.5. The Bertz CT molecular complexity index is 337. The number of methoxy groups -OCH3 is 1. The molecule has 1 atom stereocenters. The number of carbonyl (C=O) groups is 1. The molecule has 0 aromatic heterocycles. The van der Waals surface area contributed by atoms with Crippen molar-refractivity contribution in [1.82, 2.24) is 5.32 Å². The van der Waals surface area contributed by atoms with Gasteiger partial charge in [0.1, 0.15) is 6.04 Å². The van der Waals surface area contributed by atoms with E-state index in [0.29, 0.717) is 6.42 Å². The molecular formula is C13H22Cl2N2O2. The van der Waals surface area contributed by atoms with Crippen molar-refractivity contribution in [2.45, 2.75) is 25.4 Å². The predicted molar refractivity (Wildman–Crippen MR) is 81.9 cm³/mol. The van der Waals surface area contributed by atoms with Gasteiger partial charge in [0.2, 0.25) is 0 Å². The zero-order valence-corrected chi connectivity index (χ0v) is 12.6. The fraction of sp³-hybridized carbons (Fsp3) is 0.462. The average Bonchev–Trinajstić information content (AvgIpc) is 2.38. The largest absolute Gasteiger partial charge is 0.468 e. The van der Waals surface area contributed by atoms with Crippen LogP contribution in [0.1, 0.15) is 18.4 Å². The Hall–Kier alpha value is -0.810. The van der Waals surface area contributed by atoms with Crippen LogP contribution in [0.5, 0.6) is 0 Å². The van der Waals surface area contributed by atoms with E-state index in [0.717, 1.165) is 19.5 Å². The summed E-state index contributed by atoms with van der Waals surface area (Å²) >= 11 is 0. The molecule has 0 saturated carbocycles. The molecule has 0 fully saturated rings. The van der Waals surface area contributed by atoms with E-state index in [9.17, 15) is 4.79 Å². The first-order valence-corrected chi connectivity index (χ1v) is 5.82. The van der Waals surface area contributed by atoms with Crippen LogP contribution < -0.4 is 11.1 Å². The summed E-state index contributed by atoms with van der Waals surface area (Å²) < 4.78 is 4.55. The molecule has 1 aromatic rings. The highest BCUT2D eigenvalue weighted by Gasteiger charge is 2.12. The van der Waals surface area contributed by atoms with Crippen molar-refractivity contribution < 1.29 is 9.53 Å². The van der Waals surface area contributed by atoms with Crippen molar-refractivity contribution in [1.29, 1.82) is 0 Å². The molecule has 1 rings (SSSR count). The fourth-order valence-corrected chi connectivity index (χ4v) is 1.54. The van der Waals surface area contributed by atoms with Gasteiger partial charge in [0, 0.05) is 6.54 Å². The van der Waals surface area contributed by atoms with E-state index >= 15 is 0 Å². The van der Waals surface area contributed by atoms with Gasteiger partial charge in [0.15, 0.2) is 0 Å². The van der Waals surface area contributed by atoms with Gasteiger partial charge in [-0.05, 0) is 24.9 Å². The number of benzene rings is 1. The standard InChI is InChI=1S/C13H20N2O2.2ClH/c1-17-13(16)12(14)8-5-9-15-10-11-6-3-2-4-7-11;;/h2-4,6-7,12,15H,5,8-10,14H2,1H3;2*1H/t12-;;/m0../s1. The first-order chi connectivity index (χ1) is 8.24. The smallest absolute Gasteiger partial charge is 0.322 e. The summed E-state index contributed by atoms with van der Waals surface area (Å²) in [5, 5.41) is 3.31. The number of hydrogen-bond donors (Lipinski definition) is 2. The quantitative estimate of drug-likeness (QED) is 0.596. The fourth-order valence-electron chi connectivity index (χ4n) is 1.54. The Morgan fingerprint density at radius 2 is 1.95 bits per heavy atom. The number of halogens is 2. The van der Waals surface area contributed by atoms with E-state index in [1.54, 1.807) is 0 Å². The highest BCUT2D eigenvalue weighted by molar-refractivity contribution is 5.85. The van der Waals surface area contributed by atoms with Crippen LogP contribution in [0.4, 0.5) is 0 Å². The molecule has 0 unspecified atom stereocenters. The molecule has 0 heterocycles. The Balaban J connectivity index is 0.